The lowest BCUT2D eigenvalue weighted by molar-refractivity contribution is -0.142. The van der Waals surface area contributed by atoms with Crippen LogP contribution in [0.25, 0.3) is 0 Å². The largest absolute Gasteiger partial charge is 0.457 e. The van der Waals surface area contributed by atoms with E-state index in [4.69, 9.17) is 4.74 Å². The lowest BCUT2D eigenvalue weighted by Gasteiger charge is -2.33. The Morgan fingerprint density at radius 1 is 0.867 bits per heavy atom. The lowest BCUT2D eigenvalue weighted by Crippen LogP contribution is -2.50. The van der Waals surface area contributed by atoms with Crippen LogP contribution in [0.2, 0.25) is 0 Å². The quantitative estimate of drug-likeness (QED) is 0.245. The van der Waals surface area contributed by atoms with Gasteiger partial charge in [-0.25, -0.2) is 4.79 Å². The van der Waals surface area contributed by atoms with E-state index in [9.17, 15) is 14.4 Å². The van der Waals surface area contributed by atoms with Crippen LogP contribution in [-0.2, 0) is 22.6 Å². The van der Waals surface area contributed by atoms with Crippen LogP contribution in [0.3, 0.4) is 0 Å². The number of carbonyl (C=O) groups is 3. The minimum atomic E-state index is -0.763. The molecule has 0 saturated carbocycles. The van der Waals surface area contributed by atoms with E-state index in [0.29, 0.717) is 42.3 Å². The van der Waals surface area contributed by atoms with Gasteiger partial charge in [0, 0.05) is 26.6 Å². The van der Waals surface area contributed by atoms with Crippen molar-refractivity contribution in [2.75, 3.05) is 20.1 Å². The molecular formula is C37H36N4O4. The summed E-state index contributed by atoms with van der Waals surface area (Å²) in [6.07, 6.45) is 0.351. The van der Waals surface area contributed by atoms with Crippen LogP contribution in [0.1, 0.15) is 29.7 Å². The van der Waals surface area contributed by atoms with Crippen molar-refractivity contribution in [1.29, 1.82) is 0 Å². The Kier molecular flexibility index (Phi) is 8.64. The number of hydrogen-bond donors (Lipinski definition) is 1. The first-order valence-electron chi connectivity index (χ1n) is 15.2. The van der Waals surface area contributed by atoms with Crippen molar-refractivity contribution in [3.05, 3.63) is 143 Å². The number of rotatable bonds is 10. The molecule has 8 nitrogen and oxygen atoms in total. The SMILES string of the molecule is CCN1C(=O)N[C@H](c2cccc(Oc3ccccc3)c2)C2=C1CN([C@@H](Cc1ccccc1)C(=O)N(C)Cc1ccccc1)C2=O. The number of benzene rings is 4. The topological polar surface area (TPSA) is 82.2 Å². The average Bonchev–Trinajstić information content (AvgIpc) is 3.40. The van der Waals surface area contributed by atoms with Crippen molar-refractivity contribution >= 4 is 17.8 Å². The number of nitrogens with one attached hydrogen (secondary N) is 1. The minimum Gasteiger partial charge on any atom is -0.457 e. The highest BCUT2D eigenvalue weighted by Gasteiger charge is 2.47. The third kappa shape index (κ3) is 6.31. The van der Waals surface area contributed by atoms with Crippen LogP contribution >= 0.6 is 0 Å². The van der Waals surface area contributed by atoms with E-state index < -0.39 is 12.1 Å². The molecule has 228 valence electrons. The van der Waals surface area contributed by atoms with E-state index in [2.05, 4.69) is 5.32 Å². The minimum absolute atomic E-state index is 0.159. The molecule has 0 spiro atoms. The van der Waals surface area contributed by atoms with Gasteiger partial charge in [-0.1, -0.05) is 91.0 Å². The number of carbonyl (C=O) groups excluding carboxylic acids is 3. The summed E-state index contributed by atoms with van der Waals surface area (Å²) < 4.78 is 6.06. The first-order chi connectivity index (χ1) is 21.9. The monoisotopic (exact) mass is 600 g/mol. The van der Waals surface area contributed by atoms with Crippen molar-refractivity contribution in [2.24, 2.45) is 0 Å². The summed E-state index contributed by atoms with van der Waals surface area (Å²) in [7, 11) is 1.77. The Bertz CT molecular complexity index is 1710. The van der Waals surface area contributed by atoms with Crippen LogP contribution in [0.15, 0.2) is 127 Å². The third-order valence-electron chi connectivity index (χ3n) is 8.31. The molecule has 1 N–H and O–H groups in total. The highest BCUT2D eigenvalue weighted by atomic mass is 16.5. The fourth-order valence-electron chi connectivity index (χ4n) is 6.09. The summed E-state index contributed by atoms with van der Waals surface area (Å²) in [5.41, 5.74) is 3.78. The fourth-order valence-corrected chi connectivity index (χ4v) is 6.09. The number of nitrogens with zero attached hydrogens (tertiary/aromatic N) is 3. The zero-order chi connectivity index (χ0) is 31.3. The maximum absolute atomic E-state index is 14.5. The Balaban J connectivity index is 1.33. The molecule has 0 fully saturated rings. The van der Waals surface area contributed by atoms with Gasteiger partial charge in [0.2, 0.25) is 5.91 Å². The standard InChI is InChI=1S/C37H36N4O4/c1-3-40-32-25-41(31(22-26-14-7-4-8-15-26)35(42)39(2)24-27-16-9-5-10-17-27)36(43)33(32)34(38-37(40)44)28-18-13-21-30(23-28)45-29-19-11-6-12-20-29/h4-21,23,31,34H,3,22,24-25H2,1-2H3,(H,38,44)/t31-,34+/m0/s1. The zero-order valence-electron chi connectivity index (χ0n) is 25.4. The molecule has 0 aromatic heterocycles. The van der Waals surface area contributed by atoms with Gasteiger partial charge in [-0.3, -0.25) is 14.5 Å². The molecule has 0 saturated heterocycles. The van der Waals surface area contributed by atoms with Gasteiger partial charge in [0.25, 0.3) is 5.91 Å². The maximum atomic E-state index is 14.5. The molecule has 6 rings (SSSR count). The van der Waals surface area contributed by atoms with Gasteiger partial charge in [-0.15, -0.1) is 0 Å². The second-order valence-electron chi connectivity index (χ2n) is 11.3. The van der Waals surface area contributed by atoms with Crippen molar-refractivity contribution in [3.63, 3.8) is 0 Å². The number of amides is 4. The molecule has 2 aliphatic heterocycles. The van der Waals surface area contributed by atoms with Gasteiger partial charge >= 0.3 is 6.03 Å². The van der Waals surface area contributed by atoms with Crippen LogP contribution in [0, 0.1) is 0 Å². The van der Waals surface area contributed by atoms with Gasteiger partial charge in [0.05, 0.1) is 23.9 Å². The molecule has 4 amide bonds. The highest BCUT2D eigenvalue weighted by Crippen LogP contribution is 2.38. The molecule has 45 heavy (non-hydrogen) atoms. The summed E-state index contributed by atoms with van der Waals surface area (Å²) in [5, 5.41) is 3.05. The molecular weight excluding hydrogens is 564 g/mol. The normalized spacial score (nSPS) is 16.7. The molecule has 2 atom stereocenters. The fraction of sp³-hybridized carbons (Fsp3) is 0.216. The summed E-state index contributed by atoms with van der Waals surface area (Å²) in [4.78, 5) is 47.0. The van der Waals surface area contributed by atoms with E-state index in [-0.39, 0.29) is 24.4 Å². The zero-order valence-corrected chi connectivity index (χ0v) is 25.4. The Morgan fingerprint density at radius 2 is 1.49 bits per heavy atom. The molecule has 0 aliphatic carbocycles. The lowest BCUT2D eigenvalue weighted by atomic mass is 9.95. The van der Waals surface area contributed by atoms with Crippen molar-refractivity contribution in [3.8, 4) is 11.5 Å². The maximum Gasteiger partial charge on any atom is 0.322 e. The third-order valence-corrected chi connectivity index (χ3v) is 8.31. The van der Waals surface area contributed by atoms with E-state index in [1.165, 1.54) is 0 Å². The summed E-state index contributed by atoms with van der Waals surface area (Å²) in [6.45, 7) is 2.85. The Hall–Kier alpha value is -5.37. The van der Waals surface area contributed by atoms with Crippen molar-refractivity contribution in [2.45, 2.75) is 32.0 Å². The molecule has 0 unspecified atom stereocenters. The number of likely N-dealkylation sites (N-methyl/N-ethyl adjacent to an activating group) is 2. The summed E-state index contributed by atoms with van der Waals surface area (Å²) in [6, 6.07) is 34.7. The summed E-state index contributed by atoms with van der Waals surface area (Å²) >= 11 is 0. The second kappa shape index (κ2) is 13.1. The Morgan fingerprint density at radius 3 is 2.16 bits per heavy atom. The first-order valence-corrected chi connectivity index (χ1v) is 15.2. The highest BCUT2D eigenvalue weighted by molar-refractivity contribution is 6.03. The van der Waals surface area contributed by atoms with Gasteiger partial charge in [-0.05, 0) is 47.9 Å². The second-order valence-corrected chi connectivity index (χ2v) is 11.3. The summed E-state index contributed by atoms with van der Waals surface area (Å²) in [5.74, 6) is 0.859. The van der Waals surface area contributed by atoms with Crippen LogP contribution in [0.5, 0.6) is 11.5 Å². The molecule has 2 heterocycles. The number of hydrogen-bond acceptors (Lipinski definition) is 4. The molecule has 0 radical (unpaired) electrons. The van der Waals surface area contributed by atoms with Gasteiger partial charge in [0.15, 0.2) is 0 Å². The van der Waals surface area contributed by atoms with E-state index in [0.717, 1.165) is 16.7 Å². The average molecular weight is 601 g/mol. The molecule has 8 heteroatoms. The molecule has 4 aromatic rings. The molecule has 2 aliphatic rings. The predicted molar refractivity (Wildman–Crippen MR) is 172 cm³/mol. The number of para-hydroxylation sites is 1. The molecule has 0 bridgehead atoms. The van der Waals surface area contributed by atoms with Gasteiger partial charge in [0.1, 0.15) is 17.5 Å². The van der Waals surface area contributed by atoms with Gasteiger partial charge < -0.3 is 19.9 Å². The van der Waals surface area contributed by atoms with E-state index in [1.807, 2.05) is 122 Å². The first kappa shape index (κ1) is 29.7. The van der Waals surface area contributed by atoms with Gasteiger partial charge in [-0.2, -0.15) is 0 Å². The van der Waals surface area contributed by atoms with E-state index >= 15 is 0 Å². The number of urea groups is 1. The van der Waals surface area contributed by atoms with Crippen LogP contribution in [-0.4, -0.2) is 58.7 Å². The predicted octanol–water partition coefficient (Wildman–Crippen LogP) is 5.93. The van der Waals surface area contributed by atoms with Crippen LogP contribution in [0.4, 0.5) is 4.79 Å². The van der Waals surface area contributed by atoms with Crippen LogP contribution < -0.4 is 10.1 Å². The molecule has 4 aromatic carbocycles. The Labute approximate surface area is 263 Å². The van der Waals surface area contributed by atoms with Crippen molar-refractivity contribution < 1.29 is 19.1 Å². The van der Waals surface area contributed by atoms with Crippen molar-refractivity contribution in [1.82, 2.24) is 20.0 Å². The smallest absolute Gasteiger partial charge is 0.322 e. The van der Waals surface area contributed by atoms with E-state index in [1.54, 1.807) is 21.7 Å². The number of ether oxygens (including phenoxy) is 1.